The number of aliphatic hydroxyl groups excluding tert-OH is 1. The van der Waals surface area contributed by atoms with Gasteiger partial charge in [-0.15, -0.1) is 0 Å². The number of carbonyl (C=O) groups is 2. The first kappa shape index (κ1) is 18.5. The summed E-state index contributed by atoms with van der Waals surface area (Å²) >= 11 is 0. The maximum atomic E-state index is 12.4. The van der Waals surface area contributed by atoms with Crippen molar-refractivity contribution < 1.29 is 24.9 Å². The fourth-order valence-corrected chi connectivity index (χ4v) is 3.43. The minimum Gasteiger partial charge on any atom is -0.507 e. The molecule has 0 aliphatic carbocycles. The number of phenols is 1. The molecule has 0 amide bonds. The van der Waals surface area contributed by atoms with Gasteiger partial charge in [-0.1, -0.05) is 43.0 Å². The second kappa shape index (κ2) is 6.94. The lowest BCUT2D eigenvalue weighted by atomic mass is 10.1. The van der Waals surface area contributed by atoms with E-state index in [4.69, 9.17) is 5.11 Å². The number of ketones is 1. The number of phenolic OH excluding ortho intramolecular Hbond substituents is 1. The lowest BCUT2D eigenvalue weighted by molar-refractivity contribution is 0.0696. The SMILES string of the molecule is C[Si](C)(C)c1ccc(O)c(C(=O)/C=C(/O)c2ccc(C(=O)O)cc2)c1. The van der Waals surface area contributed by atoms with Crippen molar-refractivity contribution in [2.24, 2.45) is 0 Å². The predicted molar refractivity (Wildman–Crippen MR) is 99.4 cm³/mol. The van der Waals surface area contributed by atoms with Gasteiger partial charge in [-0.25, -0.2) is 4.79 Å². The van der Waals surface area contributed by atoms with Gasteiger partial charge in [-0.05, 0) is 24.3 Å². The Balaban J connectivity index is 2.34. The minimum absolute atomic E-state index is 0.0864. The zero-order valence-electron chi connectivity index (χ0n) is 14.3. The summed E-state index contributed by atoms with van der Waals surface area (Å²) in [6.45, 7) is 6.39. The van der Waals surface area contributed by atoms with Gasteiger partial charge in [0.25, 0.3) is 0 Å². The molecule has 0 saturated heterocycles. The van der Waals surface area contributed by atoms with E-state index in [0.29, 0.717) is 5.56 Å². The molecule has 0 spiro atoms. The summed E-state index contributed by atoms with van der Waals surface area (Å²) in [7, 11) is -1.66. The summed E-state index contributed by atoms with van der Waals surface area (Å²) in [5.74, 6) is -2.02. The van der Waals surface area contributed by atoms with Crippen LogP contribution >= 0.6 is 0 Å². The van der Waals surface area contributed by atoms with Gasteiger partial charge in [0.05, 0.1) is 19.2 Å². The fraction of sp³-hybridized carbons (Fsp3) is 0.158. The highest BCUT2D eigenvalue weighted by Crippen LogP contribution is 2.20. The van der Waals surface area contributed by atoms with Crippen molar-refractivity contribution in [2.45, 2.75) is 19.6 Å². The van der Waals surface area contributed by atoms with Gasteiger partial charge in [0, 0.05) is 11.6 Å². The van der Waals surface area contributed by atoms with Gasteiger partial charge in [0.2, 0.25) is 0 Å². The average molecular weight is 356 g/mol. The summed E-state index contributed by atoms with van der Waals surface area (Å²) in [5.41, 5.74) is 0.538. The zero-order valence-corrected chi connectivity index (χ0v) is 15.3. The van der Waals surface area contributed by atoms with Crippen molar-refractivity contribution in [2.75, 3.05) is 0 Å². The number of hydrogen-bond acceptors (Lipinski definition) is 4. The van der Waals surface area contributed by atoms with E-state index >= 15 is 0 Å². The van der Waals surface area contributed by atoms with Crippen LogP contribution in [0.5, 0.6) is 5.75 Å². The van der Waals surface area contributed by atoms with Gasteiger partial charge in [0.1, 0.15) is 11.5 Å². The number of benzene rings is 2. The number of allylic oxidation sites excluding steroid dienone is 1. The Morgan fingerprint density at radius 2 is 1.48 bits per heavy atom. The van der Waals surface area contributed by atoms with Crippen molar-refractivity contribution in [1.29, 1.82) is 0 Å². The second-order valence-corrected chi connectivity index (χ2v) is 11.8. The lowest BCUT2D eigenvalue weighted by Gasteiger charge is -2.17. The lowest BCUT2D eigenvalue weighted by Crippen LogP contribution is -2.37. The summed E-state index contributed by atoms with van der Waals surface area (Å²) in [6.07, 6.45) is 1.03. The first-order valence-electron chi connectivity index (χ1n) is 7.72. The molecule has 0 aliphatic heterocycles. The molecule has 2 aromatic carbocycles. The molecule has 5 nitrogen and oxygen atoms in total. The van der Waals surface area contributed by atoms with Crippen LogP contribution in [0.4, 0.5) is 0 Å². The van der Waals surface area contributed by atoms with E-state index in [0.717, 1.165) is 11.3 Å². The highest BCUT2D eigenvalue weighted by molar-refractivity contribution is 6.88. The molecule has 0 unspecified atom stereocenters. The van der Waals surface area contributed by atoms with Crippen LogP contribution in [0.1, 0.15) is 26.3 Å². The number of carboxylic acids is 1. The highest BCUT2D eigenvalue weighted by atomic mass is 28.3. The standard InChI is InChI=1S/C19H20O5Si/c1-25(2,3)14-8-9-16(20)15(10-14)18(22)11-17(21)12-4-6-13(7-5-12)19(23)24/h4-11,20-21H,1-3H3,(H,23,24)/b17-11+. The monoisotopic (exact) mass is 356 g/mol. The van der Waals surface area contributed by atoms with Crippen molar-refractivity contribution in [1.82, 2.24) is 0 Å². The summed E-state index contributed by atoms with van der Waals surface area (Å²) in [4.78, 5) is 23.3. The average Bonchev–Trinajstić information content (AvgIpc) is 2.54. The maximum absolute atomic E-state index is 12.4. The molecule has 0 saturated carbocycles. The van der Waals surface area contributed by atoms with E-state index in [1.165, 1.54) is 30.3 Å². The molecule has 0 radical (unpaired) electrons. The predicted octanol–water partition coefficient (Wildman–Crippen LogP) is 3.42. The summed E-state index contributed by atoms with van der Waals surface area (Å²) in [6, 6.07) is 10.5. The third-order valence-electron chi connectivity index (χ3n) is 3.82. The third kappa shape index (κ3) is 4.36. The van der Waals surface area contributed by atoms with Crippen LogP contribution in [0.15, 0.2) is 48.5 Å². The van der Waals surface area contributed by atoms with Crippen LogP contribution in [0.25, 0.3) is 5.76 Å². The number of hydrogen-bond donors (Lipinski definition) is 3. The Bertz CT molecular complexity index is 845. The van der Waals surface area contributed by atoms with Crippen LogP contribution in [0.3, 0.4) is 0 Å². The smallest absolute Gasteiger partial charge is 0.335 e. The van der Waals surface area contributed by atoms with E-state index in [1.54, 1.807) is 6.07 Å². The molecule has 2 aromatic rings. The second-order valence-electron chi connectivity index (χ2n) is 6.76. The molecule has 6 heteroatoms. The van der Waals surface area contributed by atoms with Gasteiger partial charge in [-0.3, -0.25) is 4.79 Å². The molecule has 0 fully saturated rings. The van der Waals surface area contributed by atoms with E-state index < -0.39 is 19.8 Å². The number of carbonyl (C=O) groups excluding carboxylic acids is 1. The Morgan fingerprint density at radius 3 is 2.00 bits per heavy atom. The van der Waals surface area contributed by atoms with Crippen molar-refractivity contribution >= 4 is 30.8 Å². The molecule has 3 N–H and O–H groups in total. The minimum atomic E-state index is -1.66. The van der Waals surface area contributed by atoms with Crippen molar-refractivity contribution in [3.63, 3.8) is 0 Å². The molecular formula is C19H20O5Si. The highest BCUT2D eigenvalue weighted by Gasteiger charge is 2.20. The molecule has 0 aliphatic rings. The van der Waals surface area contributed by atoms with Gasteiger partial charge in [0.15, 0.2) is 5.78 Å². The topological polar surface area (TPSA) is 94.8 Å². The molecule has 0 atom stereocenters. The van der Waals surface area contributed by atoms with Crippen molar-refractivity contribution in [3.8, 4) is 5.75 Å². The Kier molecular flexibility index (Phi) is 5.13. The van der Waals surface area contributed by atoms with Crippen LogP contribution in [0.2, 0.25) is 19.6 Å². The van der Waals surface area contributed by atoms with E-state index in [-0.39, 0.29) is 22.6 Å². The van der Waals surface area contributed by atoms with Crippen LogP contribution in [-0.2, 0) is 0 Å². The summed E-state index contributed by atoms with van der Waals surface area (Å²) in [5, 5.41) is 30.0. The van der Waals surface area contributed by atoms with Crippen LogP contribution in [-0.4, -0.2) is 35.1 Å². The van der Waals surface area contributed by atoms with Gasteiger partial charge >= 0.3 is 5.97 Å². The fourth-order valence-electron chi connectivity index (χ4n) is 2.27. The maximum Gasteiger partial charge on any atom is 0.335 e. The largest absolute Gasteiger partial charge is 0.507 e. The van der Waals surface area contributed by atoms with E-state index in [2.05, 4.69) is 19.6 Å². The third-order valence-corrected chi connectivity index (χ3v) is 5.87. The first-order valence-corrected chi connectivity index (χ1v) is 11.2. The van der Waals surface area contributed by atoms with Crippen molar-refractivity contribution in [3.05, 3.63) is 65.2 Å². The molecule has 25 heavy (non-hydrogen) atoms. The normalized spacial score (nSPS) is 12.0. The molecular weight excluding hydrogens is 336 g/mol. The number of aromatic carboxylic acids is 1. The number of carboxylic acid groups (broad SMARTS) is 1. The Hall–Kier alpha value is -2.86. The molecule has 0 heterocycles. The Morgan fingerprint density at radius 1 is 0.920 bits per heavy atom. The molecule has 130 valence electrons. The molecule has 0 bridgehead atoms. The van der Waals surface area contributed by atoms with Gasteiger partial charge < -0.3 is 15.3 Å². The first-order chi connectivity index (χ1) is 11.6. The Labute approximate surface area is 146 Å². The number of rotatable bonds is 5. The van der Waals surface area contributed by atoms with Crippen LogP contribution < -0.4 is 5.19 Å². The zero-order chi connectivity index (χ0) is 18.8. The number of aromatic hydroxyl groups is 1. The van der Waals surface area contributed by atoms with E-state index in [1.807, 2.05) is 6.07 Å². The number of aliphatic hydroxyl groups is 1. The summed E-state index contributed by atoms with van der Waals surface area (Å²) < 4.78 is 0. The molecule has 0 aromatic heterocycles. The quantitative estimate of drug-likeness (QED) is 0.330. The van der Waals surface area contributed by atoms with Gasteiger partial charge in [-0.2, -0.15) is 0 Å². The van der Waals surface area contributed by atoms with E-state index in [9.17, 15) is 19.8 Å². The van der Waals surface area contributed by atoms with Crippen LogP contribution in [0, 0.1) is 0 Å². The molecule has 2 rings (SSSR count).